The first-order valence-electron chi connectivity index (χ1n) is 5.39. The van der Waals surface area contributed by atoms with Crippen LogP contribution < -0.4 is 0 Å². The van der Waals surface area contributed by atoms with Crippen molar-refractivity contribution in [2.24, 2.45) is 5.92 Å². The van der Waals surface area contributed by atoms with Crippen LogP contribution in [0.25, 0.3) is 0 Å². The third-order valence-electron chi connectivity index (χ3n) is 2.64. The normalized spacial score (nSPS) is 19.2. The van der Waals surface area contributed by atoms with Crippen LogP contribution in [0.3, 0.4) is 0 Å². The monoisotopic (exact) mass is 209 g/mol. The quantitative estimate of drug-likeness (QED) is 0.689. The molecule has 0 spiro atoms. The summed E-state index contributed by atoms with van der Waals surface area (Å²) in [5, 5.41) is 0. The van der Waals surface area contributed by atoms with E-state index in [0.29, 0.717) is 5.92 Å². The minimum Gasteiger partial charge on any atom is -0.309 e. The summed E-state index contributed by atoms with van der Waals surface area (Å²) in [6.45, 7) is 4.92. The van der Waals surface area contributed by atoms with Crippen LogP contribution >= 0.6 is 0 Å². The van der Waals surface area contributed by atoms with Gasteiger partial charge in [-0.05, 0) is 50.6 Å². The summed E-state index contributed by atoms with van der Waals surface area (Å²) in [6.07, 6.45) is 6.48. The highest BCUT2D eigenvalue weighted by Crippen LogP contribution is 2.23. The van der Waals surface area contributed by atoms with E-state index in [-0.39, 0.29) is 5.83 Å². The molecule has 1 unspecified atom stereocenters. The van der Waals surface area contributed by atoms with E-state index in [2.05, 4.69) is 11.8 Å². The molecule has 0 saturated heterocycles. The molecule has 0 aromatic carbocycles. The lowest BCUT2D eigenvalue weighted by Gasteiger charge is -2.17. The number of hydrogen-bond acceptors (Lipinski definition) is 1. The molecule has 1 aliphatic rings. The van der Waals surface area contributed by atoms with Gasteiger partial charge in [-0.2, -0.15) is 0 Å². The maximum Gasteiger partial charge on any atom is 0.122 e. The van der Waals surface area contributed by atoms with Gasteiger partial charge in [0.2, 0.25) is 0 Å². The van der Waals surface area contributed by atoms with Gasteiger partial charge in [0.15, 0.2) is 0 Å². The van der Waals surface area contributed by atoms with Crippen molar-refractivity contribution in [1.82, 2.24) is 4.90 Å². The Labute approximate surface area is 92.0 Å². The second kappa shape index (κ2) is 5.26. The van der Waals surface area contributed by atoms with Gasteiger partial charge in [-0.25, -0.2) is 4.39 Å². The molecule has 0 aromatic rings. The summed E-state index contributed by atoms with van der Waals surface area (Å²) < 4.78 is 13.5. The molecular formula is C13H20FN. The summed E-state index contributed by atoms with van der Waals surface area (Å²) in [5.74, 6) is 0.300. The van der Waals surface area contributed by atoms with E-state index in [1.165, 1.54) is 0 Å². The van der Waals surface area contributed by atoms with Gasteiger partial charge in [0.1, 0.15) is 5.83 Å². The first kappa shape index (κ1) is 12.2. The van der Waals surface area contributed by atoms with E-state index >= 15 is 0 Å². The zero-order valence-corrected chi connectivity index (χ0v) is 10.0. The molecule has 2 heteroatoms. The van der Waals surface area contributed by atoms with Crippen molar-refractivity contribution in [2.75, 3.05) is 20.6 Å². The van der Waals surface area contributed by atoms with E-state index < -0.39 is 0 Å². The molecule has 15 heavy (non-hydrogen) atoms. The van der Waals surface area contributed by atoms with Gasteiger partial charge in [0.05, 0.1) is 0 Å². The van der Waals surface area contributed by atoms with Crippen molar-refractivity contribution in [1.29, 1.82) is 0 Å². The first-order valence-corrected chi connectivity index (χ1v) is 5.39. The molecular weight excluding hydrogens is 189 g/mol. The second-order valence-electron chi connectivity index (χ2n) is 4.54. The maximum absolute atomic E-state index is 13.5. The number of rotatable bonds is 3. The molecule has 1 rings (SSSR count). The van der Waals surface area contributed by atoms with Gasteiger partial charge in [-0.3, -0.25) is 0 Å². The summed E-state index contributed by atoms with van der Waals surface area (Å²) >= 11 is 0. The van der Waals surface area contributed by atoms with Gasteiger partial charge in [0, 0.05) is 6.54 Å². The Morgan fingerprint density at radius 3 is 2.73 bits per heavy atom. The van der Waals surface area contributed by atoms with Crippen LogP contribution in [0.1, 0.15) is 20.3 Å². The van der Waals surface area contributed by atoms with Gasteiger partial charge in [-0.15, -0.1) is 0 Å². The fourth-order valence-corrected chi connectivity index (χ4v) is 1.75. The van der Waals surface area contributed by atoms with E-state index in [1.54, 1.807) is 6.08 Å². The lowest BCUT2D eigenvalue weighted by molar-refractivity contribution is 0.365. The Balaban J connectivity index is 2.81. The lowest BCUT2D eigenvalue weighted by Crippen LogP contribution is -2.20. The highest BCUT2D eigenvalue weighted by molar-refractivity contribution is 5.35. The van der Waals surface area contributed by atoms with Gasteiger partial charge in [-0.1, -0.05) is 19.1 Å². The van der Waals surface area contributed by atoms with Crippen LogP contribution in [-0.4, -0.2) is 25.5 Å². The minimum atomic E-state index is -0.0689. The average Bonchev–Trinajstić information content (AvgIpc) is 2.28. The summed E-state index contributed by atoms with van der Waals surface area (Å²) in [5.41, 5.74) is 1.90. The first-order chi connectivity index (χ1) is 7.00. The molecule has 0 aromatic heterocycles. The minimum absolute atomic E-state index is 0.0689. The summed E-state index contributed by atoms with van der Waals surface area (Å²) in [4.78, 5) is 2.12. The van der Waals surface area contributed by atoms with Crippen molar-refractivity contribution >= 4 is 0 Å². The third-order valence-corrected chi connectivity index (χ3v) is 2.64. The van der Waals surface area contributed by atoms with Crippen LogP contribution in [0.5, 0.6) is 0 Å². The largest absolute Gasteiger partial charge is 0.309 e. The third kappa shape index (κ3) is 3.63. The smallest absolute Gasteiger partial charge is 0.122 e. The summed E-state index contributed by atoms with van der Waals surface area (Å²) in [7, 11) is 4.07. The fourth-order valence-electron chi connectivity index (χ4n) is 1.75. The molecule has 0 N–H and O–H groups in total. The molecule has 0 fully saturated rings. The van der Waals surface area contributed by atoms with E-state index in [4.69, 9.17) is 0 Å². The molecule has 0 heterocycles. The van der Waals surface area contributed by atoms with Crippen LogP contribution in [0, 0.1) is 5.92 Å². The van der Waals surface area contributed by atoms with Crippen molar-refractivity contribution in [3.8, 4) is 0 Å². The maximum atomic E-state index is 13.5. The molecule has 0 aliphatic heterocycles. The van der Waals surface area contributed by atoms with Gasteiger partial charge in [0.25, 0.3) is 0 Å². The summed E-state index contributed by atoms with van der Waals surface area (Å²) in [6, 6.07) is 0. The van der Waals surface area contributed by atoms with Crippen molar-refractivity contribution < 1.29 is 4.39 Å². The van der Waals surface area contributed by atoms with Crippen molar-refractivity contribution in [3.05, 3.63) is 35.2 Å². The van der Waals surface area contributed by atoms with E-state index in [1.807, 2.05) is 33.2 Å². The molecule has 0 amide bonds. The Kier molecular flexibility index (Phi) is 4.28. The number of allylic oxidation sites excluding steroid dienone is 5. The molecule has 0 bridgehead atoms. The zero-order valence-electron chi connectivity index (χ0n) is 10.0. The van der Waals surface area contributed by atoms with Crippen LogP contribution in [0.2, 0.25) is 0 Å². The lowest BCUT2D eigenvalue weighted by atomic mass is 10.00. The Morgan fingerprint density at radius 1 is 1.47 bits per heavy atom. The number of halogens is 1. The van der Waals surface area contributed by atoms with Crippen LogP contribution in [0.4, 0.5) is 4.39 Å². The van der Waals surface area contributed by atoms with Crippen molar-refractivity contribution in [2.45, 2.75) is 20.3 Å². The van der Waals surface area contributed by atoms with Crippen molar-refractivity contribution in [3.63, 3.8) is 0 Å². The Bertz CT molecular complexity index is 310. The Morgan fingerprint density at radius 2 is 2.13 bits per heavy atom. The van der Waals surface area contributed by atoms with Crippen LogP contribution in [0.15, 0.2) is 35.2 Å². The molecule has 1 aliphatic carbocycles. The van der Waals surface area contributed by atoms with Crippen LogP contribution in [-0.2, 0) is 0 Å². The SMILES string of the molecule is CC1=C(F)C=C(C(C)CN(C)C)C=CC1. The van der Waals surface area contributed by atoms with E-state index in [9.17, 15) is 4.39 Å². The molecule has 1 atom stereocenters. The predicted octanol–water partition coefficient (Wildman–Crippen LogP) is 3.31. The molecule has 84 valence electrons. The highest BCUT2D eigenvalue weighted by Gasteiger charge is 2.11. The van der Waals surface area contributed by atoms with Gasteiger partial charge >= 0.3 is 0 Å². The average molecular weight is 209 g/mol. The van der Waals surface area contributed by atoms with E-state index in [0.717, 1.165) is 24.1 Å². The fraction of sp³-hybridized carbons (Fsp3) is 0.538. The topological polar surface area (TPSA) is 3.24 Å². The molecule has 0 saturated carbocycles. The van der Waals surface area contributed by atoms with Gasteiger partial charge < -0.3 is 4.90 Å². The Hall–Kier alpha value is -0.890. The number of hydrogen-bond donors (Lipinski definition) is 0. The zero-order chi connectivity index (χ0) is 11.4. The highest BCUT2D eigenvalue weighted by atomic mass is 19.1. The standard InChI is InChI=1S/C13H20FN/c1-10-6-5-7-12(8-13(10)14)11(2)9-15(3)4/h5,7-8,11H,6,9H2,1-4H3. The number of nitrogens with zero attached hydrogens (tertiary/aromatic N) is 1. The molecule has 0 radical (unpaired) electrons. The molecule has 1 nitrogen and oxygen atoms in total. The second-order valence-corrected chi connectivity index (χ2v) is 4.54. The predicted molar refractivity (Wildman–Crippen MR) is 63.4 cm³/mol.